The number of thioether (sulfide) groups is 1. The summed E-state index contributed by atoms with van der Waals surface area (Å²) in [7, 11) is 0. The first-order valence-corrected chi connectivity index (χ1v) is 7.75. The van der Waals surface area contributed by atoms with Gasteiger partial charge in [0.25, 0.3) is 0 Å². The third-order valence-electron chi connectivity index (χ3n) is 2.80. The molecule has 6 heteroatoms. The molecule has 0 atom stereocenters. The van der Waals surface area contributed by atoms with E-state index in [0.717, 1.165) is 23.7 Å². The van der Waals surface area contributed by atoms with Crippen molar-refractivity contribution in [3.8, 4) is 0 Å². The van der Waals surface area contributed by atoms with Crippen LogP contribution in [0.25, 0.3) is 0 Å². The fourth-order valence-electron chi connectivity index (χ4n) is 1.76. The first-order valence-electron chi connectivity index (χ1n) is 6.60. The molecule has 4 nitrogen and oxygen atoms in total. The zero-order chi connectivity index (χ0) is 15.1. The first-order chi connectivity index (χ1) is 10.1. The van der Waals surface area contributed by atoms with Crippen LogP contribution in [0.15, 0.2) is 41.0 Å². The molecule has 0 saturated heterocycles. The second-order valence-corrected chi connectivity index (χ2v) is 5.62. The lowest BCUT2D eigenvalue weighted by Gasteiger charge is -2.08. The van der Waals surface area contributed by atoms with Gasteiger partial charge >= 0.3 is 0 Å². The molecule has 0 fully saturated rings. The van der Waals surface area contributed by atoms with Gasteiger partial charge in [-0.25, -0.2) is 4.39 Å². The summed E-state index contributed by atoms with van der Waals surface area (Å²) >= 11 is 1.72. The monoisotopic (exact) mass is 308 g/mol. The average Bonchev–Trinajstić information content (AvgIpc) is 2.95. The summed E-state index contributed by atoms with van der Waals surface area (Å²) in [6.07, 6.45) is 2.82. The van der Waals surface area contributed by atoms with Crippen LogP contribution in [0.5, 0.6) is 0 Å². The first kappa shape index (κ1) is 15.4. The number of nitrogen functional groups attached to an aromatic ring is 1. The van der Waals surface area contributed by atoms with Gasteiger partial charge in [0.15, 0.2) is 0 Å². The summed E-state index contributed by atoms with van der Waals surface area (Å²) in [5.41, 5.74) is 6.31. The van der Waals surface area contributed by atoms with Crippen LogP contribution in [0, 0.1) is 5.82 Å². The van der Waals surface area contributed by atoms with Crippen molar-refractivity contribution in [2.45, 2.75) is 18.6 Å². The number of nitrogens with one attached hydrogen (secondary N) is 1. The Bertz CT molecular complexity index is 587. The van der Waals surface area contributed by atoms with Crippen molar-refractivity contribution in [2.75, 3.05) is 16.8 Å². The van der Waals surface area contributed by atoms with E-state index in [9.17, 15) is 9.18 Å². The van der Waals surface area contributed by atoms with E-state index in [4.69, 9.17) is 10.2 Å². The number of benzene rings is 1. The van der Waals surface area contributed by atoms with E-state index in [1.165, 1.54) is 18.2 Å². The zero-order valence-corrected chi connectivity index (χ0v) is 12.3. The molecule has 0 bridgehead atoms. The number of rotatable bonds is 7. The molecule has 0 saturated carbocycles. The molecule has 0 aliphatic heterocycles. The van der Waals surface area contributed by atoms with E-state index < -0.39 is 5.82 Å². The summed E-state index contributed by atoms with van der Waals surface area (Å²) in [6, 6.07) is 7.71. The Morgan fingerprint density at radius 1 is 1.38 bits per heavy atom. The van der Waals surface area contributed by atoms with Crippen molar-refractivity contribution in [3.05, 3.63) is 48.2 Å². The van der Waals surface area contributed by atoms with Gasteiger partial charge in [-0.2, -0.15) is 11.8 Å². The number of amides is 1. The van der Waals surface area contributed by atoms with Crippen molar-refractivity contribution in [2.24, 2.45) is 0 Å². The van der Waals surface area contributed by atoms with E-state index in [-0.39, 0.29) is 11.6 Å². The maximum atomic E-state index is 12.9. The van der Waals surface area contributed by atoms with Gasteiger partial charge in [0.2, 0.25) is 5.91 Å². The fraction of sp³-hybridized carbons (Fsp3) is 0.267. The van der Waals surface area contributed by atoms with E-state index >= 15 is 0 Å². The topological polar surface area (TPSA) is 68.3 Å². The predicted octanol–water partition coefficient (Wildman–Crippen LogP) is 3.65. The van der Waals surface area contributed by atoms with Crippen molar-refractivity contribution in [1.82, 2.24) is 0 Å². The van der Waals surface area contributed by atoms with Crippen LogP contribution < -0.4 is 11.1 Å². The Balaban J connectivity index is 1.65. The number of halogens is 1. The van der Waals surface area contributed by atoms with Crippen molar-refractivity contribution >= 4 is 29.0 Å². The van der Waals surface area contributed by atoms with Gasteiger partial charge in [-0.3, -0.25) is 4.79 Å². The Kier molecular flexibility index (Phi) is 5.68. The van der Waals surface area contributed by atoms with Gasteiger partial charge in [0.05, 0.1) is 23.4 Å². The van der Waals surface area contributed by atoms with Crippen molar-refractivity contribution < 1.29 is 13.6 Å². The third-order valence-corrected chi connectivity index (χ3v) is 3.87. The summed E-state index contributed by atoms with van der Waals surface area (Å²) in [5, 5.41) is 2.68. The molecule has 1 aromatic heterocycles. The Morgan fingerprint density at radius 2 is 2.24 bits per heavy atom. The van der Waals surface area contributed by atoms with E-state index in [2.05, 4.69) is 5.32 Å². The molecule has 112 valence electrons. The van der Waals surface area contributed by atoms with Gasteiger partial charge in [-0.05, 0) is 42.5 Å². The number of carbonyl (C=O) groups excluding carboxylic acids is 1. The lowest BCUT2D eigenvalue weighted by molar-refractivity contribution is -0.116. The molecule has 0 spiro atoms. The molecule has 1 amide bonds. The van der Waals surface area contributed by atoms with Crippen LogP contribution >= 0.6 is 11.8 Å². The van der Waals surface area contributed by atoms with Gasteiger partial charge in [0.1, 0.15) is 11.6 Å². The minimum absolute atomic E-state index is 0.119. The second kappa shape index (κ2) is 7.73. The summed E-state index contributed by atoms with van der Waals surface area (Å²) in [6.45, 7) is 0. The van der Waals surface area contributed by atoms with Crippen LogP contribution in [0.4, 0.5) is 15.8 Å². The van der Waals surface area contributed by atoms with Gasteiger partial charge in [-0.1, -0.05) is 0 Å². The maximum absolute atomic E-state index is 12.9. The number of nitrogens with two attached hydrogens (primary N) is 1. The second-order valence-electron chi connectivity index (χ2n) is 4.52. The van der Waals surface area contributed by atoms with Crippen molar-refractivity contribution in [1.29, 1.82) is 0 Å². The molecular formula is C15H17FN2O2S. The molecule has 1 aromatic carbocycles. The third kappa shape index (κ3) is 5.15. The summed E-state index contributed by atoms with van der Waals surface area (Å²) in [4.78, 5) is 11.8. The lowest BCUT2D eigenvalue weighted by atomic mass is 10.2. The number of carbonyl (C=O) groups is 1. The van der Waals surface area contributed by atoms with Gasteiger partial charge in [0, 0.05) is 6.42 Å². The van der Waals surface area contributed by atoms with Crippen LogP contribution in [0.1, 0.15) is 18.6 Å². The number of furan rings is 1. The van der Waals surface area contributed by atoms with Crippen LogP contribution in [0.3, 0.4) is 0 Å². The fourth-order valence-corrected chi connectivity index (χ4v) is 2.62. The molecule has 0 radical (unpaired) electrons. The highest BCUT2D eigenvalue weighted by Crippen LogP contribution is 2.19. The average molecular weight is 308 g/mol. The molecule has 0 aliphatic carbocycles. The molecule has 0 unspecified atom stereocenters. The largest absolute Gasteiger partial charge is 0.468 e. The Morgan fingerprint density at radius 3 is 2.95 bits per heavy atom. The van der Waals surface area contributed by atoms with Crippen LogP contribution in [-0.4, -0.2) is 11.7 Å². The quantitative estimate of drug-likeness (QED) is 0.605. The molecule has 3 N–H and O–H groups in total. The minimum Gasteiger partial charge on any atom is -0.468 e. The molecular weight excluding hydrogens is 291 g/mol. The number of hydrogen-bond donors (Lipinski definition) is 2. The van der Waals surface area contributed by atoms with Crippen LogP contribution in [0.2, 0.25) is 0 Å². The molecule has 2 aromatic rings. The number of hydrogen-bond acceptors (Lipinski definition) is 4. The SMILES string of the molecule is Nc1cc(F)ccc1NC(=O)CCCSCc1ccco1. The molecule has 1 heterocycles. The zero-order valence-electron chi connectivity index (χ0n) is 11.5. The Hall–Kier alpha value is -1.95. The highest BCUT2D eigenvalue weighted by Gasteiger charge is 2.06. The molecule has 21 heavy (non-hydrogen) atoms. The van der Waals surface area contributed by atoms with E-state index in [0.29, 0.717) is 12.1 Å². The van der Waals surface area contributed by atoms with E-state index in [1.807, 2.05) is 12.1 Å². The lowest BCUT2D eigenvalue weighted by Crippen LogP contribution is -2.13. The smallest absolute Gasteiger partial charge is 0.224 e. The number of anilines is 2. The predicted molar refractivity (Wildman–Crippen MR) is 83.5 cm³/mol. The summed E-state index contributed by atoms with van der Waals surface area (Å²) in [5.74, 6) is 2.07. The Labute approximate surface area is 126 Å². The standard InChI is InChI=1S/C15H17FN2O2S/c16-11-5-6-14(13(17)9-11)18-15(19)4-2-8-21-10-12-3-1-7-20-12/h1,3,5-7,9H,2,4,8,10,17H2,(H,18,19). The van der Waals surface area contributed by atoms with E-state index in [1.54, 1.807) is 18.0 Å². The van der Waals surface area contributed by atoms with Crippen LogP contribution in [-0.2, 0) is 10.5 Å². The molecule has 0 aliphatic rings. The summed E-state index contributed by atoms with van der Waals surface area (Å²) < 4.78 is 18.1. The maximum Gasteiger partial charge on any atom is 0.224 e. The molecule has 2 rings (SSSR count). The van der Waals surface area contributed by atoms with Gasteiger partial charge < -0.3 is 15.5 Å². The highest BCUT2D eigenvalue weighted by atomic mass is 32.2. The van der Waals surface area contributed by atoms with Crippen molar-refractivity contribution in [3.63, 3.8) is 0 Å². The normalized spacial score (nSPS) is 10.5. The van der Waals surface area contributed by atoms with Gasteiger partial charge in [-0.15, -0.1) is 0 Å². The minimum atomic E-state index is -0.417. The highest BCUT2D eigenvalue weighted by molar-refractivity contribution is 7.98.